The molecule has 2 aromatic carbocycles. The Labute approximate surface area is 169 Å². The van der Waals surface area contributed by atoms with E-state index in [1.54, 1.807) is 19.2 Å². The number of carbonyl (C=O) groups excluding carboxylic acids is 2. The predicted octanol–water partition coefficient (Wildman–Crippen LogP) is 4.40. The van der Waals surface area contributed by atoms with E-state index in [1.807, 2.05) is 45.0 Å². The number of hydrogen-bond acceptors (Lipinski definition) is 5. The largest absolute Gasteiger partial charge is 0.497 e. The SMILES string of the molecule is COC(=O)CC(NC(=O)c1oc2c(C)ccc(C)c2c1C)c1ccc(OC)cc1. The molecule has 0 bridgehead atoms. The molecule has 0 fully saturated rings. The van der Waals surface area contributed by atoms with Gasteiger partial charge in [-0.3, -0.25) is 9.59 Å². The van der Waals surface area contributed by atoms with Gasteiger partial charge in [0.2, 0.25) is 0 Å². The number of fused-ring (bicyclic) bond motifs is 1. The highest BCUT2D eigenvalue weighted by Crippen LogP contribution is 2.31. The van der Waals surface area contributed by atoms with Crippen molar-refractivity contribution in [1.29, 1.82) is 0 Å². The van der Waals surface area contributed by atoms with Crippen molar-refractivity contribution in [1.82, 2.24) is 5.32 Å². The van der Waals surface area contributed by atoms with Gasteiger partial charge in [0.05, 0.1) is 26.7 Å². The second kappa shape index (κ2) is 8.39. The van der Waals surface area contributed by atoms with Crippen LogP contribution in [0.3, 0.4) is 0 Å². The lowest BCUT2D eigenvalue weighted by Gasteiger charge is -2.18. The van der Waals surface area contributed by atoms with Gasteiger partial charge in [-0.25, -0.2) is 0 Å². The van der Waals surface area contributed by atoms with Crippen LogP contribution in [0.4, 0.5) is 0 Å². The molecule has 29 heavy (non-hydrogen) atoms. The number of ether oxygens (including phenoxy) is 2. The van der Waals surface area contributed by atoms with Crippen LogP contribution in [0.15, 0.2) is 40.8 Å². The Balaban J connectivity index is 1.94. The number of aryl methyl sites for hydroxylation is 3. The summed E-state index contributed by atoms with van der Waals surface area (Å²) in [5.74, 6) is 0.151. The van der Waals surface area contributed by atoms with Crippen LogP contribution in [-0.2, 0) is 9.53 Å². The van der Waals surface area contributed by atoms with Crippen molar-refractivity contribution in [3.8, 4) is 5.75 Å². The summed E-state index contributed by atoms with van der Waals surface area (Å²) in [5.41, 5.74) is 4.28. The number of amides is 1. The zero-order chi connectivity index (χ0) is 21.1. The minimum atomic E-state index is -0.560. The fraction of sp³-hybridized carbons (Fsp3) is 0.304. The lowest BCUT2D eigenvalue weighted by atomic mass is 10.0. The molecule has 6 nitrogen and oxygen atoms in total. The van der Waals surface area contributed by atoms with Crippen LogP contribution < -0.4 is 10.1 Å². The van der Waals surface area contributed by atoms with Crippen LogP contribution in [0.5, 0.6) is 5.75 Å². The molecule has 1 unspecified atom stereocenters. The van der Waals surface area contributed by atoms with Crippen LogP contribution in [-0.4, -0.2) is 26.1 Å². The van der Waals surface area contributed by atoms with Crippen LogP contribution in [0.1, 0.15) is 45.3 Å². The topological polar surface area (TPSA) is 77.8 Å². The van der Waals surface area contributed by atoms with Gasteiger partial charge in [0, 0.05) is 10.9 Å². The lowest BCUT2D eigenvalue weighted by molar-refractivity contribution is -0.141. The smallest absolute Gasteiger partial charge is 0.307 e. The highest BCUT2D eigenvalue weighted by atomic mass is 16.5. The first-order valence-electron chi connectivity index (χ1n) is 9.36. The van der Waals surface area contributed by atoms with Crippen molar-refractivity contribution >= 4 is 22.8 Å². The Morgan fingerprint density at radius 1 is 1.00 bits per heavy atom. The van der Waals surface area contributed by atoms with Crippen LogP contribution >= 0.6 is 0 Å². The van der Waals surface area contributed by atoms with Crippen LogP contribution in [0.2, 0.25) is 0 Å². The molecule has 3 rings (SSSR count). The maximum absolute atomic E-state index is 13.1. The average molecular weight is 395 g/mol. The summed E-state index contributed by atoms with van der Waals surface area (Å²) in [6.45, 7) is 5.81. The molecule has 0 saturated heterocycles. The zero-order valence-corrected chi connectivity index (χ0v) is 17.3. The number of carbonyl (C=O) groups is 2. The molecule has 0 aliphatic rings. The van der Waals surface area contributed by atoms with Crippen molar-refractivity contribution in [2.45, 2.75) is 33.2 Å². The summed E-state index contributed by atoms with van der Waals surface area (Å²) < 4.78 is 15.9. The molecule has 0 radical (unpaired) electrons. The Morgan fingerprint density at radius 3 is 2.24 bits per heavy atom. The Hall–Kier alpha value is -3.28. The summed E-state index contributed by atoms with van der Waals surface area (Å²) in [6.07, 6.45) is 0.00585. The second-order valence-corrected chi connectivity index (χ2v) is 7.04. The quantitative estimate of drug-likeness (QED) is 0.626. The second-order valence-electron chi connectivity index (χ2n) is 7.04. The van der Waals surface area contributed by atoms with Gasteiger partial charge in [-0.05, 0) is 49.6 Å². The van der Waals surface area contributed by atoms with E-state index in [1.165, 1.54) is 7.11 Å². The predicted molar refractivity (Wildman–Crippen MR) is 110 cm³/mol. The van der Waals surface area contributed by atoms with Gasteiger partial charge >= 0.3 is 5.97 Å². The van der Waals surface area contributed by atoms with E-state index < -0.39 is 12.0 Å². The molecular formula is C23H25NO5. The van der Waals surface area contributed by atoms with Gasteiger partial charge in [0.1, 0.15) is 11.3 Å². The number of benzene rings is 2. The number of hydrogen-bond donors (Lipinski definition) is 1. The minimum Gasteiger partial charge on any atom is -0.497 e. The summed E-state index contributed by atoms with van der Waals surface area (Å²) in [6, 6.07) is 10.6. The van der Waals surface area contributed by atoms with Gasteiger partial charge in [-0.1, -0.05) is 24.3 Å². The number of furan rings is 1. The summed E-state index contributed by atoms with van der Waals surface area (Å²) in [5, 5.41) is 3.87. The molecule has 0 aliphatic heterocycles. The van der Waals surface area contributed by atoms with Crippen LogP contribution in [0.25, 0.3) is 11.0 Å². The van der Waals surface area contributed by atoms with E-state index in [2.05, 4.69) is 5.32 Å². The van der Waals surface area contributed by atoms with E-state index in [9.17, 15) is 9.59 Å². The standard InChI is InChI=1S/C23H25NO5/c1-13-6-7-14(2)21-20(13)15(3)22(29-21)23(26)24-18(12-19(25)28-5)16-8-10-17(27-4)11-9-16/h6-11,18H,12H2,1-5H3,(H,24,26). The Bertz CT molecular complexity index is 1050. The lowest BCUT2D eigenvalue weighted by Crippen LogP contribution is -2.30. The van der Waals surface area contributed by atoms with Gasteiger partial charge in [0.15, 0.2) is 5.76 Å². The van der Waals surface area contributed by atoms with E-state index in [0.29, 0.717) is 11.3 Å². The summed E-state index contributed by atoms with van der Waals surface area (Å²) in [7, 11) is 2.90. The first kappa shape index (κ1) is 20.5. The number of methoxy groups -OCH3 is 2. The molecule has 6 heteroatoms. The van der Waals surface area contributed by atoms with Crippen molar-refractivity contribution in [3.05, 3.63) is 64.4 Å². The highest BCUT2D eigenvalue weighted by Gasteiger charge is 2.25. The molecule has 0 aliphatic carbocycles. The van der Waals surface area contributed by atoms with Gasteiger partial charge in [0.25, 0.3) is 5.91 Å². The van der Waals surface area contributed by atoms with E-state index in [0.717, 1.165) is 27.6 Å². The molecule has 1 atom stereocenters. The van der Waals surface area contributed by atoms with Gasteiger partial charge in [-0.2, -0.15) is 0 Å². The fourth-order valence-electron chi connectivity index (χ4n) is 3.45. The fourth-order valence-corrected chi connectivity index (χ4v) is 3.45. The molecule has 1 N–H and O–H groups in total. The molecule has 152 valence electrons. The van der Waals surface area contributed by atoms with E-state index >= 15 is 0 Å². The molecule has 1 aromatic heterocycles. The first-order chi connectivity index (χ1) is 13.8. The highest BCUT2D eigenvalue weighted by molar-refractivity contribution is 6.00. The minimum absolute atomic E-state index is 0.00585. The number of nitrogens with one attached hydrogen (secondary N) is 1. The zero-order valence-electron chi connectivity index (χ0n) is 17.3. The van der Waals surface area contributed by atoms with Gasteiger partial charge in [-0.15, -0.1) is 0 Å². The molecular weight excluding hydrogens is 370 g/mol. The van der Waals surface area contributed by atoms with Crippen molar-refractivity contribution in [2.75, 3.05) is 14.2 Å². The van der Waals surface area contributed by atoms with E-state index in [-0.39, 0.29) is 18.1 Å². The van der Waals surface area contributed by atoms with Gasteiger partial charge < -0.3 is 19.2 Å². The molecule has 1 amide bonds. The van der Waals surface area contributed by atoms with Crippen molar-refractivity contribution in [3.63, 3.8) is 0 Å². The molecule has 3 aromatic rings. The number of rotatable bonds is 6. The Morgan fingerprint density at radius 2 is 1.66 bits per heavy atom. The maximum atomic E-state index is 13.1. The third kappa shape index (κ3) is 4.11. The third-order valence-corrected chi connectivity index (χ3v) is 5.11. The summed E-state index contributed by atoms with van der Waals surface area (Å²) >= 11 is 0. The third-order valence-electron chi connectivity index (χ3n) is 5.11. The molecule has 1 heterocycles. The normalized spacial score (nSPS) is 11.9. The summed E-state index contributed by atoms with van der Waals surface area (Å²) in [4.78, 5) is 25.0. The Kier molecular flexibility index (Phi) is 5.92. The van der Waals surface area contributed by atoms with Crippen molar-refractivity contribution in [2.24, 2.45) is 0 Å². The van der Waals surface area contributed by atoms with Crippen LogP contribution in [0, 0.1) is 20.8 Å². The first-order valence-corrected chi connectivity index (χ1v) is 9.36. The van der Waals surface area contributed by atoms with Crippen molar-refractivity contribution < 1.29 is 23.5 Å². The molecule has 0 saturated carbocycles. The molecule has 0 spiro atoms. The maximum Gasteiger partial charge on any atom is 0.307 e. The van der Waals surface area contributed by atoms with E-state index in [4.69, 9.17) is 13.9 Å². The average Bonchev–Trinajstić information content (AvgIpc) is 3.09. The monoisotopic (exact) mass is 395 g/mol. The number of esters is 1.